The number of amides is 5. The minimum atomic E-state index is -1.61. The van der Waals surface area contributed by atoms with Crippen molar-refractivity contribution >= 4 is 44.5 Å². The zero-order valence-electron chi connectivity index (χ0n) is 21.6. The Balaban J connectivity index is 3.01. The van der Waals surface area contributed by atoms with Crippen LogP contribution in [0.4, 0.5) is 16.2 Å². The first-order valence-electron chi connectivity index (χ1n) is 12.2. The lowest BCUT2D eigenvalue weighted by molar-refractivity contribution is -0.132. The lowest BCUT2D eigenvalue weighted by atomic mass is 10.0. The molecule has 15 heteroatoms. The van der Waals surface area contributed by atoms with E-state index in [1.54, 1.807) is 32.0 Å². The fourth-order valence-corrected chi connectivity index (χ4v) is 3.73. The second-order valence-electron chi connectivity index (χ2n) is 9.05. The van der Waals surface area contributed by atoms with E-state index in [0.29, 0.717) is 23.4 Å². The molecule has 1 unspecified atom stereocenters. The van der Waals surface area contributed by atoms with Crippen molar-refractivity contribution in [3.63, 3.8) is 0 Å². The first kappa shape index (κ1) is 33.0. The molecule has 1 aromatic rings. The number of aliphatic hydroxyl groups excluding tert-OH is 2. The Labute approximate surface area is 223 Å². The van der Waals surface area contributed by atoms with E-state index in [4.69, 9.17) is 21.7 Å². The molecule has 0 spiro atoms. The Bertz CT molecular complexity index is 949. The zero-order chi connectivity index (χ0) is 28.8. The molecule has 214 valence electrons. The van der Waals surface area contributed by atoms with Gasteiger partial charge in [0.15, 0.2) is 6.29 Å². The van der Waals surface area contributed by atoms with Crippen molar-refractivity contribution in [2.75, 3.05) is 16.9 Å². The van der Waals surface area contributed by atoms with Crippen molar-refractivity contribution < 1.29 is 34.5 Å². The van der Waals surface area contributed by atoms with Gasteiger partial charge < -0.3 is 53.1 Å². The zero-order valence-corrected chi connectivity index (χ0v) is 22.7. The summed E-state index contributed by atoms with van der Waals surface area (Å²) in [6.45, 7) is 3.39. The highest BCUT2D eigenvalue weighted by Gasteiger charge is 2.30. The van der Waals surface area contributed by atoms with Crippen molar-refractivity contribution in [3.8, 4) is 0 Å². The van der Waals surface area contributed by atoms with E-state index in [9.17, 15) is 24.3 Å². The van der Waals surface area contributed by atoms with E-state index in [-0.39, 0.29) is 38.3 Å². The van der Waals surface area contributed by atoms with Gasteiger partial charge in [0.05, 0.1) is 12.6 Å². The molecule has 0 aliphatic heterocycles. The summed E-state index contributed by atoms with van der Waals surface area (Å²) in [7, 11) is 2.31. The van der Waals surface area contributed by atoms with Crippen LogP contribution in [-0.2, 0) is 21.0 Å². The number of benzene rings is 1. The predicted molar refractivity (Wildman–Crippen MR) is 145 cm³/mol. The first-order valence-corrected chi connectivity index (χ1v) is 12.7. The summed E-state index contributed by atoms with van der Waals surface area (Å²) < 4.78 is 0. The number of nitrogens with one attached hydrogen (secondary N) is 5. The van der Waals surface area contributed by atoms with E-state index in [1.807, 2.05) is 0 Å². The lowest BCUT2D eigenvalue weighted by Gasteiger charge is -2.26. The highest BCUT2D eigenvalue weighted by atomic mass is 31.0. The number of hydrogen-bond donors (Lipinski definition) is 10. The summed E-state index contributed by atoms with van der Waals surface area (Å²) in [4.78, 5) is 49.7. The van der Waals surface area contributed by atoms with Crippen LogP contribution in [0.5, 0.6) is 0 Å². The maximum atomic E-state index is 13.1. The van der Waals surface area contributed by atoms with Crippen LogP contribution in [0.3, 0.4) is 0 Å². The molecule has 0 saturated carbocycles. The van der Waals surface area contributed by atoms with Crippen LogP contribution in [0.1, 0.15) is 45.1 Å². The van der Waals surface area contributed by atoms with Gasteiger partial charge in [-0.05, 0) is 53.1 Å². The molecule has 0 bridgehead atoms. The monoisotopic (exact) mass is 557 g/mol. The molecule has 0 saturated heterocycles. The van der Waals surface area contributed by atoms with Crippen LogP contribution in [0.2, 0.25) is 0 Å². The second-order valence-corrected chi connectivity index (χ2v) is 9.34. The minimum Gasteiger partial charge on any atom is -0.392 e. The summed E-state index contributed by atoms with van der Waals surface area (Å²) in [5.74, 6) is -2.16. The SMILES string of the molecule is CC(C)[C@H](NC(=O)[C@@H](N)CCC(O)O)C(=O)N[C@@H](CCCNC(N)=O)C(=O)Nc1ccc(CO)c(NP)c1. The van der Waals surface area contributed by atoms with Gasteiger partial charge in [0.2, 0.25) is 17.7 Å². The third-order valence-corrected chi connectivity index (χ3v) is 5.94. The number of carbonyl (C=O) groups excluding carboxylic acids is 4. The average Bonchev–Trinajstić information content (AvgIpc) is 2.86. The van der Waals surface area contributed by atoms with Crippen LogP contribution in [0.25, 0.3) is 0 Å². The molecule has 1 aromatic carbocycles. The molecule has 0 fully saturated rings. The summed E-state index contributed by atoms with van der Waals surface area (Å²) in [6.07, 6.45) is -1.26. The van der Waals surface area contributed by atoms with Gasteiger partial charge >= 0.3 is 6.03 Å². The second kappa shape index (κ2) is 16.7. The van der Waals surface area contributed by atoms with Gasteiger partial charge in [-0.2, -0.15) is 0 Å². The molecule has 0 aliphatic rings. The fraction of sp³-hybridized carbons (Fsp3) is 0.565. The topological polar surface area (TPSA) is 241 Å². The molecule has 38 heavy (non-hydrogen) atoms. The van der Waals surface area contributed by atoms with E-state index in [1.165, 1.54) is 0 Å². The number of nitrogens with two attached hydrogens (primary N) is 2. The number of primary amides is 1. The van der Waals surface area contributed by atoms with E-state index in [2.05, 4.69) is 35.7 Å². The summed E-state index contributed by atoms with van der Waals surface area (Å²) >= 11 is 0. The molecular formula is C23H40N7O7P. The Morgan fingerprint density at radius 3 is 2.24 bits per heavy atom. The van der Waals surface area contributed by atoms with Gasteiger partial charge in [0, 0.05) is 23.5 Å². The third kappa shape index (κ3) is 11.6. The maximum absolute atomic E-state index is 13.1. The number of carbonyl (C=O) groups is 4. The van der Waals surface area contributed by atoms with Crippen LogP contribution in [-0.4, -0.2) is 70.0 Å². The summed E-state index contributed by atoms with van der Waals surface area (Å²) in [5.41, 5.74) is 12.5. The average molecular weight is 558 g/mol. The van der Waals surface area contributed by atoms with Crippen molar-refractivity contribution in [2.45, 2.75) is 70.6 Å². The largest absolute Gasteiger partial charge is 0.392 e. The summed E-state index contributed by atoms with van der Waals surface area (Å²) in [6, 6.07) is 1.02. The van der Waals surface area contributed by atoms with Gasteiger partial charge in [-0.15, -0.1) is 0 Å². The van der Waals surface area contributed by atoms with Gasteiger partial charge in [0.1, 0.15) is 12.1 Å². The molecule has 5 amide bonds. The van der Waals surface area contributed by atoms with Crippen LogP contribution < -0.4 is 37.8 Å². The Morgan fingerprint density at radius 2 is 1.68 bits per heavy atom. The molecule has 4 atom stereocenters. The van der Waals surface area contributed by atoms with E-state index < -0.39 is 48.2 Å². The van der Waals surface area contributed by atoms with E-state index >= 15 is 0 Å². The number of rotatable bonds is 16. The molecule has 0 aromatic heterocycles. The highest BCUT2D eigenvalue weighted by molar-refractivity contribution is 7.18. The van der Waals surface area contributed by atoms with Crippen LogP contribution in [0, 0.1) is 5.92 Å². The fourth-order valence-electron chi connectivity index (χ4n) is 3.46. The predicted octanol–water partition coefficient (Wildman–Crippen LogP) is -1.19. The van der Waals surface area contributed by atoms with Crippen LogP contribution in [0.15, 0.2) is 18.2 Å². The Morgan fingerprint density at radius 1 is 1.00 bits per heavy atom. The van der Waals surface area contributed by atoms with Crippen molar-refractivity contribution in [1.29, 1.82) is 0 Å². The smallest absolute Gasteiger partial charge is 0.312 e. The normalized spacial score (nSPS) is 13.4. The molecule has 0 aliphatic carbocycles. The van der Waals surface area contributed by atoms with Gasteiger partial charge in [-0.25, -0.2) is 4.79 Å². The molecule has 14 nitrogen and oxygen atoms in total. The quantitative estimate of drug-likeness (QED) is 0.0666. The minimum absolute atomic E-state index is 0.00396. The molecule has 1 rings (SSSR count). The summed E-state index contributed by atoms with van der Waals surface area (Å²) in [5, 5.41) is 40.6. The lowest BCUT2D eigenvalue weighted by Crippen LogP contribution is -2.57. The highest BCUT2D eigenvalue weighted by Crippen LogP contribution is 2.22. The molecule has 0 heterocycles. The van der Waals surface area contributed by atoms with Crippen molar-refractivity contribution in [3.05, 3.63) is 23.8 Å². The molecule has 12 N–H and O–H groups in total. The van der Waals surface area contributed by atoms with Gasteiger partial charge in [-0.3, -0.25) is 14.4 Å². The molecule has 0 radical (unpaired) electrons. The third-order valence-electron chi connectivity index (χ3n) is 5.62. The number of aliphatic hydroxyl groups is 3. The molecular weight excluding hydrogens is 517 g/mol. The van der Waals surface area contributed by atoms with Gasteiger partial charge in [-0.1, -0.05) is 19.9 Å². The van der Waals surface area contributed by atoms with Crippen LogP contribution >= 0.6 is 9.39 Å². The van der Waals surface area contributed by atoms with Crippen molar-refractivity contribution in [1.82, 2.24) is 16.0 Å². The Kier molecular flexibility index (Phi) is 14.5. The first-order chi connectivity index (χ1) is 17.9. The van der Waals surface area contributed by atoms with Crippen molar-refractivity contribution in [2.24, 2.45) is 17.4 Å². The maximum Gasteiger partial charge on any atom is 0.312 e. The number of hydrogen-bond acceptors (Lipinski definition) is 9. The standard InChI is InChI=1S/C23H40N7O7P/c1-12(2)19(29-20(34)15(24)7-8-18(32)33)22(36)28-16(4-3-9-26-23(25)37)21(35)27-14-6-5-13(11-31)17(10-14)30-38/h5-6,10,12,15-16,18-19,30-33H,3-4,7-9,11,24,38H2,1-2H3,(H,27,35)(H,28,36)(H,29,34)(H3,25,26,37)/t15-,16-,19-/m0/s1. The number of anilines is 2. The van der Waals surface area contributed by atoms with Gasteiger partial charge in [0.25, 0.3) is 0 Å². The van der Waals surface area contributed by atoms with E-state index in [0.717, 1.165) is 0 Å². The Hall–Kier alpha value is -3.03. The number of urea groups is 1.